The second-order valence-corrected chi connectivity index (χ2v) is 10.6. The second-order valence-electron chi connectivity index (χ2n) is 10.2. The minimum absolute atomic E-state index is 0.0536. The summed E-state index contributed by atoms with van der Waals surface area (Å²) in [6, 6.07) is 21.9. The number of hydrogen-bond donors (Lipinski definition) is 2. The summed E-state index contributed by atoms with van der Waals surface area (Å²) in [5, 5.41) is 10.9. The van der Waals surface area contributed by atoms with Gasteiger partial charge in [0.05, 0.1) is 6.61 Å². The molecule has 40 heavy (non-hydrogen) atoms. The zero-order chi connectivity index (χ0) is 29.1. The highest BCUT2D eigenvalue weighted by atomic mass is 35.5. The Morgan fingerprint density at radius 2 is 1.65 bits per heavy atom. The highest BCUT2D eigenvalue weighted by Crippen LogP contribution is 2.46. The van der Waals surface area contributed by atoms with Crippen LogP contribution in [0.1, 0.15) is 42.6 Å². The van der Waals surface area contributed by atoms with Gasteiger partial charge in [0.1, 0.15) is 5.75 Å². The van der Waals surface area contributed by atoms with E-state index in [1.54, 1.807) is 0 Å². The lowest BCUT2D eigenvalue weighted by Crippen LogP contribution is -2.46. The Labute approximate surface area is 235 Å². The van der Waals surface area contributed by atoms with Crippen molar-refractivity contribution in [2.75, 3.05) is 25.0 Å². The third kappa shape index (κ3) is 6.59. The van der Waals surface area contributed by atoms with Gasteiger partial charge >= 0.3 is 12.1 Å². The molecule has 0 radical (unpaired) electrons. The maximum atomic E-state index is 12.9. The molecule has 0 aromatic heterocycles. The molecule has 212 valence electrons. The number of halogens is 4. The smallest absolute Gasteiger partial charge is 0.490 e. The van der Waals surface area contributed by atoms with Crippen LogP contribution in [0.3, 0.4) is 0 Å². The van der Waals surface area contributed by atoms with Gasteiger partial charge in [-0.05, 0) is 81.7 Å². The number of nitrogens with zero attached hydrogens (tertiary/aromatic N) is 1. The van der Waals surface area contributed by atoms with E-state index in [9.17, 15) is 18.0 Å². The van der Waals surface area contributed by atoms with Crippen LogP contribution in [0.25, 0.3) is 11.1 Å². The standard InChI is InChI=1S/C28H29ClN2O2.C2HF3O2/c1-19(2)31-15-13-28(14-16-31)18-33-26-12-11-22(17-24(26)28)30-27(32)21-9-7-20(8-10-21)23-5-3-4-6-25(23)29;3-2(4,5)1(6)7/h3-12,17,19H,13-16,18H2,1-2H3,(H,30,32);(H,6,7). The zero-order valence-corrected chi connectivity index (χ0v) is 22.9. The van der Waals surface area contributed by atoms with Gasteiger partial charge in [0, 0.05) is 38.9 Å². The quantitative estimate of drug-likeness (QED) is 0.350. The topological polar surface area (TPSA) is 78.9 Å². The molecule has 1 spiro atoms. The summed E-state index contributed by atoms with van der Waals surface area (Å²) in [6.45, 7) is 7.40. The monoisotopic (exact) mass is 574 g/mol. The number of carbonyl (C=O) groups is 2. The molecule has 10 heteroatoms. The van der Waals surface area contributed by atoms with E-state index < -0.39 is 12.1 Å². The minimum atomic E-state index is -5.08. The number of ether oxygens (including phenoxy) is 1. The van der Waals surface area contributed by atoms with Gasteiger partial charge in [-0.15, -0.1) is 0 Å². The third-order valence-electron chi connectivity index (χ3n) is 7.37. The van der Waals surface area contributed by atoms with Crippen molar-refractivity contribution in [2.24, 2.45) is 0 Å². The second kappa shape index (κ2) is 11.9. The zero-order valence-electron chi connectivity index (χ0n) is 22.1. The van der Waals surface area contributed by atoms with Gasteiger partial charge in [-0.25, -0.2) is 4.79 Å². The number of rotatable bonds is 4. The van der Waals surface area contributed by atoms with Gasteiger partial charge in [-0.3, -0.25) is 4.79 Å². The van der Waals surface area contributed by atoms with Crippen LogP contribution >= 0.6 is 11.6 Å². The van der Waals surface area contributed by atoms with Gasteiger partial charge in [0.2, 0.25) is 0 Å². The summed E-state index contributed by atoms with van der Waals surface area (Å²) < 4.78 is 37.8. The molecular weight excluding hydrogens is 545 g/mol. The van der Waals surface area contributed by atoms with Crippen LogP contribution in [0, 0.1) is 0 Å². The van der Waals surface area contributed by atoms with Crippen molar-refractivity contribution in [3.63, 3.8) is 0 Å². The number of amides is 1. The van der Waals surface area contributed by atoms with Crippen molar-refractivity contribution in [3.8, 4) is 16.9 Å². The Morgan fingerprint density at radius 1 is 1.02 bits per heavy atom. The number of nitrogens with one attached hydrogen (secondary N) is 1. The average molecular weight is 575 g/mol. The molecule has 0 atom stereocenters. The fourth-order valence-corrected chi connectivity index (χ4v) is 5.27. The largest absolute Gasteiger partial charge is 0.492 e. The van der Waals surface area contributed by atoms with Gasteiger partial charge in [0.15, 0.2) is 0 Å². The Balaban J connectivity index is 0.000000470. The lowest BCUT2D eigenvalue weighted by Gasteiger charge is -2.40. The van der Waals surface area contributed by atoms with E-state index in [0.717, 1.165) is 55.1 Å². The average Bonchev–Trinajstić information content (AvgIpc) is 3.26. The first kappa shape index (κ1) is 29.4. The summed E-state index contributed by atoms with van der Waals surface area (Å²) in [7, 11) is 0. The number of alkyl halides is 3. The molecule has 2 aliphatic rings. The van der Waals surface area contributed by atoms with Crippen molar-refractivity contribution in [1.82, 2.24) is 4.90 Å². The summed E-state index contributed by atoms with van der Waals surface area (Å²) >= 11 is 6.31. The molecule has 0 unspecified atom stereocenters. The Bertz CT molecular complexity index is 1370. The number of hydrogen-bond acceptors (Lipinski definition) is 4. The van der Waals surface area contributed by atoms with E-state index in [0.29, 0.717) is 16.6 Å². The summed E-state index contributed by atoms with van der Waals surface area (Å²) in [5.74, 6) is -1.93. The molecule has 0 bridgehead atoms. The molecule has 1 fully saturated rings. The normalized spacial score (nSPS) is 16.1. The molecule has 3 aromatic carbocycles. The highest BCUT2D eigenvalue weighted by molar-refractivity contribution is 6.33. The molecule has 2 N–H and O–H groups in total. The fraction of sp³-hybridized carbons (Fsp3) is 0.333. The molecular formula is C30H30ClF3N2O4. The molecule has 0 saturated carbocycles. The van der Waals surface area contributed by atoms with E-state index >= 15 is 0 Å². The molecule has 2 aliphatic heterocycles. The summed E-state index contributed by atoms with van der Waals surface area (Å²) in [5.41, 5.74) is 4.66. The van der Waals surface area contributed by atoms with Crippen LogP contribution < -0.4 is 10.1 Å². The first-order valence-corrected chi connectivity index (χ1v) is 13.3. The molecule has 2 heterocycles. The van der Waals surface area contributed by atoms with Crippen molar-refractivity contribution >= 4 is 29.2 Å². The maximum Gasteiger partial charge on any atom is 0.490 e. The molecule has 0 aliphatic carbocycles. The van der Waals surface area contributed by atoms with Crippen molar-refractivity contribution in [2.45, 2.75) is 44.3 Å². The van der Waals surface area contributed by atoms with Crippen LogP contribution in [-0.2, 0) is 10.2 Å². The number of carboxylic acids is 1. The first-order valence-electron chi connectivity index (χ1n) is 12.9. The number of carbonyl (C=O) groups excluding carboxylic acids is 1. The van der Waals surface area contributed by atoms with E-state index in [2.05, 4.69) is 30.1 Å². The van der Waals surface area contributed by atoms with Crippen LogP contribution in [-0.4, -0.2) is 53.8 Å². The number of aliphatic carboxylic acids is 1. The maximum absolute atomic E-state index is 12.9. The molecule has 5 rings (SSSR count). The number of piperidine rings is 1. The minimum Gasteiger partial charge on any atom is -0.492 e. The molecule has 6 nitrogen and oxygen atoms in total. The SMILES string of the molecule is CC(C)N1CCC2(CC1)COc1ccc(NC(=O)c3ccc(-c4ccccc4Cl)cc3)cc12.O=C(O)C(F)(F)F. The Morgan fingerprint density at radius 3 is 2.23 bits per heavy atom. The van der Waals surface area contributed by atoms with Crippen LogP contribution in [0.4, 0.5) is 18.9 Å². The van der Waals surface area contributed by atoms with Crippen molar-refractivity contribution in [1.29, 1.82) is 0 Å². The molecule has 3 aromatic rings. The van der Waals surface area contributed by atoms with Crippen LogP contribution in [0.2, 0.25) is 5.02 Å². The van der Waals surface area contributed by atoms with Gasteiger partial charge in [-0.2, -0.15) is 13.2 Å². The predicted octanol–water partition coefficient (Wildman–Crippen LogP) is 7.03. The molecule has 1 amide bonds. The number of benzene rings is 3. The number of fused-ring (bicyclic) bond motifs is 2. The predicted molar refractivity (Wildman–Crippen MR) is 148 cm³/mol. The molecule has 1 saturated heterocycles. The third-order valence-corrected chi connectivity index (χ3v) is 7.70. The van der Waals surface area contributed by atoms with Crippen molar-refractivity contribution in [3.05, 3.63) is 82.9 Å². The first-order chi connectivity index (χ1) is 18.9. The lowest BCUT2D eigenvalue weighted by molar-refractivity contribution is -0.192. The van der Waals surface area contributed by atoms with E-state index in [4.69, 9.17) is 26.2 Å². The lowest BCUT2D eigenvalue weighted by atomic mass is 9.74. The van der Waals surface area contributed by atoms with E-state index in [1.165, 1.54) is 5.56 Å². The van der Waals surface area contributed by atoms with Crippen molar-refractivity contribution < 1.29 is 32.6 Å². The number of anilines is 1. The van der Waals surface area contributed by atoms with Crippen LogP contribution in [0.15, 0.2) is 66.7 Å². The summed E-state index contributed by atoms with van der Waals surface area (Å²) in [4.78, 5) is 24.4. The Kier molecular flexibility index (Phi) is 8.75. The highest BCUT2D eigenvalue weighted by Gasteiger charge is 2.43. The van der Waals surface area contributed by atoms with Crippen LogP contribution in [0.5, 0.6) is 5.75 Å². The number of carboxylic acid groups (broad SMARTS) is 1. The van der Waals surface area contributed by atoms with Gasteiger partial charge < -0.3 is 20.1 Å². The fourth-order valence-electron chi connectivity index (χ4n) is 5.02. The van der Waals surface area contributed by atoms with Gasteiger partial charge in [0.25, 0.3) is 5.91 Å². The summed E-state index contributed by atoms with van der Waals surface area (Å²) in [6.07, 6.45) is -2.92. The number of likely N-dealkylation sites (tertiary alicyclic amines) is 1. The Hall–Kier alpha value is -3.56. The van der Waals surface area contributed by atoms with Gasteiger partial charge in [-0.1, -0.05) is 41.9 Å². The van der Waals surface area contributed by atoms with E-state index in [-0.39, 0.29) is 11.3 Å². The van der Waals surface area contributed by atoms with E-state index in [1.807, 2.05) is 60.7 Å².